The summed E-state index contributed by atoms with van der Waals surface area (Å²) in [5.74, 6) is 1.14. The summed E-state index contributed by atoms with van der Waals surface area (Å²) in [4.78, 5) is 21.9. The van der Waals surface area contributed by atoms with Gasteiger partial charge in [-0.05, 0) is 54.4 Å². The molecule has 1 aliphatic rings. The Kier molecular flexibility index (Phi) is 7.32. The first-order valence-corrected chi connectivity index (χ1v) is 12.8. The fourth-order valence-corrected chi connectivity index (χ4v) is 4.93. The molecular formula is C28H27FN4O3S. The van der Waals surface area contributed by atoms with Crippen molar-refractivity contribution < 1.29 is 18.7 Å². The summed E-state index contributed by atoms with van der Waals surface area (Å²) >= 11 is 1.11. The Morgan fingerprint density at radius 1 is 1.00 bits per heavy atom. The summed E-state index contributed by atoms with van der Waals surface area (Å²) in [6, 6.07) is 19.7. The van der Waals surface area contributed by atoms with E-state index in [0.717, 1.165) is 30.2 Å². The summed E-state index contributed by atoms with van der Waals surface area (Å²) in [7, 11) is 1.55. The van der Waals surface area contributed by atoms with Crippen molar-refractivity contribution in [1.82, 2.24) is 14.3 Å². The number of hydrogen-bond acceptors (Lipinski definition) is 7. The van der Waals surface area contributed by atoms with E-state index >= 15 is 0 Å². The normalized spacial score (nSPS) is 13.5. The van der Waals surface area contributed by atoms with Crippen molar-refractivity contribution >= 4 is 23.1 Å². The molecule has 4 aromatic rings. The SMILES string of the molecule is COc1ccc(C(=O)N2CCN(c3ccccc3C)CC2)cc1Oc1nc(Cc2ccc(F)cc2)ns1. The molecular weight excluding hydrogens is 491 g/mol. The van der Waals surface area contributed by atoms with Crippen LogP contribution in [-0.2, 0) is 6.42 Å². The van der Waals surface area contributed by atoms with Gasteiger partial charge >= 0.3 is 0 Å². The molecule has 0 atom stereocenters. The molecule has 1 aromatic heterocycles. The monoisotopic (exact) mass is 518 g/mol. The molecule has 7 nitrogen and oxygen atoms in total. The number of benzene rings is 3. The van der Waals surface area contributed by atoms with E-state index in [2.05, 4.69) is 33.3 Å². The maximum atomic E-state index is 13.3. The standard InChI is InChI=1S/C28H27FN4O3S/c1-19-5-3-4-6-23(19)32-13-15-33(16-14-32)27(34)21-9-12-24(35-2)25(18-21)36-28-30-26(31-37-28)17-20-7-10-22(29)11-8-20/h3-12,18H,13-17H2,1-2H3. The molecule has 0 saturated carbocycles. The first kappa shape index (κ1) is 24.7. The zero-order valence-electron chi connectivity index (χ0n) is 20.7. The molecule has 3 aromatic carbocycles. The van der Waals surface area contributed by atoms with E-state index in [1.165, 1.54) is 23.4 Å². The lowest BCUT2D eigenvalue weighted by Gasteiger charge is -2.36. The Hall–Kier alpha value is -3.98. The minimum Gasteiger partial charge on any atom is -0.493 e. The molecule has 0 spiro atoms. The van der Waals surface area contributed by atoms with Gasteiger partial charge in [-0.25, -0.2) is 4.39 Å². The van der Waals surface area contributed by atoms with Crippen LogP contribution in [0.1, 0.15) is 27.3 Å². The number of halogens is 1. The van der Waals surface area contributed by atoms with Crippen LogP contribution in [-0.4, -0.2) is 53.5 Å². The van der Waals surface area contributed by atoms with Crippen molar-refractivity contribution in [3.63, 3.8) is 0 Å². The molecule has 5 rings (SSSR count). The van der Waals surface area contributed by atoms with Crippen LogP contribution in [0.3, 0.4) is 0 Å². The highest BCUT2D eigenvalue weighted by Gasteiger charge is 2.24. The number of ether oxygens (including phenoxy) is 2. The molecule has 1 saturated heterocycles. The molecule has 37 heavy (non-hydrogen) atoms. The molecule has 1 amide bonds. The second kappa shape index (κ2) is 11.0. The molecule has 190 valence electrons. The number of piperazine rings is 1. The number of nitrogens with zero attached hydrogens (tertiary/aromatic N) is 4. The third-order valence-electron chi connectivity index (χ3n) is 6.36. The largest absolute Gasteiger partial charge is 0.493 e. The second-order valence-corrected chi connectivity index (χ2v) is 9.53. The van der Waals surface area contributed by atoms with Crippen molar-refractivity contribution in [2.75, 3.05) is 38.2 Å². The van der Waals surface area contributed by atoms with Gasteiger partial charge in [-0.1, -0.05) is 30.3 Å². The lowest BCUT2D eigenvalue weighted by atomic mass is 10.1. The smallest absolute Gasteiger partial charge is 0.298 e. The number of aromatic nitrogens is 2. The summed E-state index contributed by atoms with van der Waals surface area (Å²) in [5, 5.41) is 0.340. The number of carbonyl (C=O) groups is 1. The molecule has 9 heteroatoms. The third kappa shape index (κ3) is 5.72. The Morgan fingerprint density at radius 3 is 2.49 bits per heavy atom. The van der Waals surface area contributed by atoms with Gasteiger partial charge in [0.15, 0.2) is 17.3 Å². The average Bonchev–Trinajstić information content (AvgIpc) is 3.36. The molecule has 0 N–H and O–H groups in total. The lowest BCUT2D eigenvalue weighted by molar-refractivity contribution is 0.0746. The van der Waals surface area contributed by atoms with Crippen LogP contribution < -0.4 is 14.4 Å². The van der Waals surface area contributed by atoms with Crippen molar-refractivity contribution in [3.8, 4) is 16.7 Å². The lowest BCUT2D eigenvalue weighted by Crippen LogP contribution is -2.49. The van der Waals surface area contributed by atoms with Gasteiger partial charge in [-0.3, -0.25) is 4.79 Å². The van der Waals surface area contributed by atoms with E-state index in [9.17, 15) is 9.18 Å². The average molecular weight is 519 g/mol. The number of anilines is 1. The minimum absolute atomic E-state index is 0.0498. The Balaban J connectivity index is 1.26. The molecule has 0 bridgehead atoms. The van der Waals surface area contributed by atoms with E-state index in [0.29, 0.717) is 47.6 Å². The zero-order valence-corrected chi connectivity index (χ0v) is 21.5. The summed E-state index contributed by atoms with van der Waals surface area (Å²) in [5.41, 5.74) is 3.87. The first-order valence-electron chi connectivity index (χ1n) is 12.0. The maximum absolute atomic E-state index is 13.3. The van der Waals surface area contributed by atoms with Gasteiger partial charge in [0.25, 0.3) is 11.1 Å². The number of aryl methyl sites for hydroxylation is 1. The van der Waals surface area contributed by atoms with Gasteiger partial charge in [0.2, 0.25) is 0 Å². The Morgan fingerprint density at radius 2 is 1.76 bits per heavy atom. The van der Waals surface area contributed by atoms with Gasteiger partial charge in [-0.15, -0.1) is 0 Å². The third-order valence-corrected chi connectivity index (χ3v) is 6.99. The number of para-hydroxylation sites is 1. The van der Waals surface area contributed by atoms with Gasteiger partial charge in [-0.2, -0.15) is 9.36 Å². The van der Waals surface area contributed by atoms with Crippen molar-refractivity contribution in [1.29, 1.82) is 0 Å². The van der Waals surface area contributed by atoms with Gasteiger partial charge in [0.05, 0.1) is 7.11 Å². The van der Waals surface area contributed by atoms with E-state index < -0.39 is 0 Å². The van der Waals surface area contributed by atoms with Gasteiger partial charge < -0.3 is 19.3 Å². The molecule has 2 heterocycles. The highest BCUT2D eigenvalue weighted by molar-refractivity contribution is 7.07. The van der Waals surface area contributed by atoms with Crippen molar-refractivity contribution in [3.05, 3.63) is 95.1 Å². The molecule has 0 aliphatic carbocycles. The highest BCUT2D eigenvalue weighted by atomic mass is 32.1. The van der Waals surface area contributed by atoms with E-state index in [-0.39, 0.29) is 11.7 Å². The molecule has 1 aliphatic heterocycles. The number of amides is 1. The van der Waals surface area contributed by atoms with Crippen LogP contribution >= 0.6 is 11.5 Å². The van der Waals surface area contributed by atoms with Crippen molar-refractivity contribution in [2.45, 2.75) is 13.3 Å². The fourth-order valence-electron chi connectivity index (χ4n) is 4.37. The molecule has 1 fully saturated rings. The predicted octanol–water partition coefficient (Wildman–Crippen LogP) is 5.34. The minimum atomic E-state index is -0.284. The zero-order chi connectivity index (χ0) is 25.8. The topological polar surface area (TPSA) is 67.8 Å². The number of methoxy groups -OCH3 is 1. The molecule has 0 radical (unpaired) electrons. The number of hydrogen-bond donors (Lipinski definition) is 0. The van der Waals surface area contributed by atoms with Gasteiger partial charge in [0, 0.05) is 55.4 Å². The van der Waals surface area contributed by atoms with Crippen LogP contribution in [0.15, 0.2) is 66.7 Å². The number of carbonyl (C=O) groups excluding carboxylic acids is 1. The van der Waals surface area contributed by atoms with Gasteiger partial charge in [0.1, 0.15) is 5.82 Å². The van der Waals surface area contributed by atoms with E-state index in [1.54, 1.807) is 37.4 Å². The van der Waals surface area contributed by atoms with Crippen molar-refractivity contribution in [2.24, 2.45) is 0 Å². The van der Waals surface area contributed by atoms with E-state index in [1.807, 2.05) is 17.0 Å². The molecule has 0 unspecified atom stereocenters. The highest BCUT2D eigenvalue weighted by Crippen LogP contribution is 2.34. The number of rotatable bonds is 7. The first-order chi connectivity index (χ1) is 18.0. The van der Waals surface area contributed by atoms with E-state index in [4.69, 9.17) is 9.47 Å². The van der Waals surface area contributed by atoms with Crippen LogP contribution in [0.5, 0.6) is 16.7 Å². The quantitative estimate of drug-likeness (QED) is 0.329. The fraction of sp³-hybridized carbons (Fsp3) is 0.250. The second-order valence-electron chi connectivity index (χ2n) is 8.81. The Bertz CT molecular complexity index is 1380. The Labute approximate surface area is 219 Å². The summed E-state index contributed by atoms with van der Waals surface area (Å²) in [6.07, 6.45) is 0.463. The van der Waals surface area contributed by atoms with Crippen LogP contribution in [0.2, 0.25) is 0 Å². The summed E-state index contributed by atoms with van der Waals surface area (Å²) < 4.78 is 28.9. The van der Waals surface area contributed by atoms with Crippen LogP contribution in [0.25, 0.3) is 0 Å². The van der Waals surface area contributed by atoms with Crippen LogP contribution in [0, 0.1) is 12.7 Å². The summed E-state index contributed by atoms with van der Waals surface area (Å²) in [6.45, 7) is 4.93. The maximum Gasteiger partial charge on any atom is 0.298 e. The predicted molar refractivity (Wildman–Crippen MR) is 141 cm³/mol. The van der Waals surface area contributed by atoms with Crippen LogP contribution in [0.4, 0.5) is 10.1 Å².